The molecular formula is C16H23BrClN3O4S. The van der Waals surface area contributed by atoms with E-state index in [2.05, 4.69) is 20.9 Å². The third kappa shape index (κ3) is 5.31. The zero-order valence-corrected chi connectivity index (χ0v) is 18.1. The Bertz CT molecular complexity index is 742. The Morgan fingerprint density at radius 1 is 1.42 bits per heavy atom. The number of halogens is 2. The van der Waals surface area contributed by atoms with Gasteiger partial charge in [-0.2, -0.15) is 4.31 Å². The summed E-state index contributed by atoms with van der Waals surface area (Å²) in [5, 5.41) is 0.248. The van der Waals surface area contributed by atoms with Gasteiger partial charge in [0.25, 0.3) is 0 Å². The monoisotopic (exact) mass is 467 g/mol. The number of ether oxygens (including phenoxy) is 1. The minimum Gasteiger partial charge on any atom is -0.449 e. The van der Waals surface area contributed by atoms with Gasteiger partial charge in [0.05, 0.1) is 18.9 Å². The van der Waals surface area contributed by atoms with E-state index in [1.54, 1.807) is 24.0 Å². The molecule has 0 saturated carbocycles. The Morgan fingerprint density at radius 2 is 2.12 bits per heavy atom. The molecule has 0 aromatic carbocycles. The van der Waals surface area contributed by atoms with Crippen LogP contribution >= 0.6 is 27.5 Å². The molecule has 2 rings (SSSR count). The number of carbonyl (C=O) groups excluding carboxylic acids is 1. The number of aromatic nitrogens is 1. The second-order valence-electron chi connectivity index (χ2n) is 6.38. The van der Waals surface area contributed by atoms with Crippen molar-refractivity contribution in [2.45, 2.75) is 38.8 Å². The van der Waals surface area contributed by atoms with Gasteiger partial charge in [0.2, 0.25) is 10.0 Å². The number of pyridine rings is 1. The molecular weight excluding hydrogens is 446 g/mol. The van der Waals surface area contributed by atoms with Crippen LogP contribution in [0, 0.1) is 0 Å². The Balaban J connectivity index is 2.33. The topological polar surface area (TPSA) is 79.8 Å². The van der Waals surface area contributed by atoms with E-state index in [0.29, 0.717) is 16.8 Å². The second kappa shape index (κ2) is 8.86. The number of piperazine rings is 1. The van der Waals surface area contributed by atoms with Crippen molar-refractivity contribution in [3.63, 3.8) is 0 Å². The van der Waals surface area contributed by atoms with Crippen molar-refractivity contribution < 1.29 is 17.9 Å². The summed E-state index contributed by atoms with van der Waals surface area (Å²) < 4.78 is 32.0. The molecule has 1 aliphatic rings. The van der Waals surface area contributed by atoms with Crippen LogP contribution in [0.2, 0.25) is 5.15 Å². The van der Waals surface area contributed by atoms with Crippen LogP contribution < -0.4 is 0 Å². The first kappa shape index (κ1) is 21.4. The van der Waals surface area contributed by atoms with Crippen LogP contribution in [0.5, 0.6) is 0 Å². The molecule has 1 aliphatic heterocycles. The first-order chi connectivity index (χ1) is 12.1. The van der Waals surface area contributed by atoms with Crippen LogP contribution in [0.1, 0.15) is 38.3 Å². The third-order valence-corrected chi connectivity index (χ3v) is 6.13. The van der Waals surface area contributed by atoms with E-state index < -0.39 is 28.2 Å². The molecule has 1 aromatic heterocycles. The van der Waals surface area contributed by atoms with Gasteiger partial charge in [0.1, 0.15) is 9.76 Å². The van der Waals surface area contributed by atoms with Crippen molar-refractivity contribution in [2.75, 3.05) is 26.0 Å². The van der Waals surface area contributed by atoms with Crippen molar-refractivity contribution in [3.05, 3.63) is 27.5 Å². The number of rotatable bonds is 5. The lowest BCUT2D eigenvalue weighted by Crippen LogP contribution is -2.56. The van der Waals surface area contributed by atoms with E-state index in [1.165, 1.54) is 10.6 Å². The van der Waals surface area contributed by atoms with Gasteiger partial charge in [-0.25, -0.2) is 18.2 Å². The summed E-state index contributed by atoms with van der Waals surface area (Å²) >= 11 is 9.32. The highest BCUT2D eigenvalue weighted by molar-refractivity contribution is 9.10. The summed E-state index contributed by atoms with van der Waals surface area (Å²) in [4.78, 5) is 18.0. The molecule has 7 nitrogen and oxygen atoms in total. The Kier molecular flexibility index (Phi) is 7.29. The van der Waals surface area contributed by atoms with Crippen LogP contribution in [-0.4, -0.2) is 60.7 Å². The fourth-order valence-electron chi connectivity index (χ4n) is 3.10. The smallest absolute Gasteiger partial charge is 0.409 e. The second-order valence-corrected chi connectivity index (χ2v) is 9.46. The minimum atomic E-state index is -3.49. The molecule has 2 atom stereocenters. The average Bonchev–Trinajstić information content (AvgIpc) is 2.52. The van der Waals surface area contributed by atoms with Gasteiger partial charge >= 0.3 is 6.09 Å². The van der Waals surface area contributed by atoms with Crippen molar-refractivity contribution in [2.24, 2.45) is 0 Å². The maximum absolute atomic E-state index is 12.4. The SMILES string of the molecule is CCCCOC(=O)N1CC(C)N(S(C)(=O)=O)C(c2cc(Cl)nc(Br)c2)C1. The molecule has 146 valence electrons. The maximum Gasteiger partial charge on any atom is 0.409 e. The van der Waals surface area contributed by atoms with Crippen molar-refractivity contribution in [3.8, 4) is 0 Å². The third-order valence-electron chi connectivity index (χ3n) is 4.15. The normalized spacial score (nSPS) is 21.7. The molecule has 2 heterocycles. The lowest BCUT2D eigenvalue weighted by Gasteiger charge is -2.43. The van der Waals surface area contributed by atoms with Gasteiger partial charge in [-0.3, -0.25) is 0 Å². The fraction of sp³-hybridized carbons (Fsp3) is 0.625. The van der Waals surface area contributed by atoms with Gasteiger partial charge in [-0.1, -0.05) is 24.9 Å². The van der Waals surface area contributed by atoms with E-state index in [9.17, 15) is 13.2 Å². The number of hydrogen-bond acceptors (Lipinski definition) is 5. The number of carbonyl (C=O) groups is 1. The maximum atomic E-state index is 12.4. The predicted octanol–water partition coefficient (Wildman–Crippen LogP) is 3.44. The van der Waals surface area contributed by atoms with Crippen LogP contribution in [0.15, 0.2) is 16.7 Å². The highest BCUT2D eigenvalue weighted by Crippen LogP contribution is 2.33. The Morgan fingerprint density at radius 3 is 2.69 bits per heavy atom. The molecule has 1 amide bonds. The summed E-state index contributed by atoms with van der Waals surface area (Å²) in [6.07, 6.45) is 2.46. The number of amides is 1. The number of unbranched alkanes of at least 4 members (excludes halogenated alkanes) is 1. The van der Waals surface area contributed by atoms with Gasteiger partial charge in [0.15, 0.2) is 0 Å². The zero-order chi connectivity index (χ0) is 19.5. The van der Waals surface area contributed by atoms with Gasteiger partial charge in [0, 0.05) is 19.1 Å². The largest absolute Gasteiger partial charge is 0.449 e. The first-order valence-corrected chi connectivity index (χ1v) is 11.4. The van der Waals surface area contributed by atoms with Crippen LogP contribution in [-0.2, 0) is 14.8 Å². The molecule has 0 aliphatic carbocycles. The number of hydrogen-bond donors (Lipinski definition) is 0. The van der Waals surface area contributed by atoms with E-state index in [0.717, 1.165) is 12.8 Å². The Labute approximate surface area is 167 Å². The standard InChI is InChI=1S/C16H23BrClN3O4S/c1-4-5-6-25-16(22)20-9-11(2)21(26(3,23)24)13(10-20)12-7-14(17)19-15(18)8-12/h7-8,11,13H,4-6,9-10H2,1-3H3. The number of nitrogens with zero attached hydrogens (tertiary/aromatic N) is 3. The molecule has 1 saturated heterocycles. The highest BCUT2D eigenvalue weighted by atomic mass is 79.9. The van der Waals surface area contributed by atoms with E-state index >= 15 is 0 Å². The zero-order valence-electron chi connectivity index (χ0n) is 15.0. The van der Waals surface area contributed by atoms with Crippen LogP contribution in [0.4, 0.5) is 4.79 Å². The molecule has 10 heteroatoms. The van der Waals surface area contributed by atoms with Gasteiger partial charge < -0.3 is 9.64 Å². The minimum absolute atomic E-state index is 0.190. The van der Waals surface area contributed by atoms with E-state index in [4.69, 9.17) is 16.3 Å². The molecule has 2 unspecified atom stereocenters. The molecule has 0 N–H and O–H groups in total. The van der Waals surface area contributed by atoms with Gasteiger partial charge in [-0.15, -0.1) is 0 Å². The lowest BCUT2D eigenvalue weighted by atomic mass is 10.0. The predicted molar refractivity (Wildman–Crippen MR) is 104 cm³/mol. The molecule has 1 fully saturated rings. The molecule has 0 spiro atoms. The van der Waals surface area contributed by atoms with Crippen molar-refractivity contribution in [1.29, 1.82) is 0 Å². The molecule has 0 bridgehead atoms. The first-order valence-electron chi connectivity index (χ1n) is 8.36. The summed E-state index contributed by atoms with van der Waals surface area (Å²) in [7, 11) is -3.49. The van der Waals surface area contributed by atoms with Gasteiger partial charge in [-0.05, 0) is 47.0 Å². The van der Waals surface area contributed by atoms with Crippen molar-refractivity contribution >= 4 is 43.6 Å². The fourth-order valence-corrected chi connectivity index (χ4v) is 5.25. The Hall–Kier alpha value is -0.900. The molecule has 26 heavy (non-hydrogen) atoms. The highest BCUT2D eigenvalue weighted by Gasteiger charge is 2.40. The lowest BCUT2D eigenvalue weighted by molar-refractivity contribution is 0.0575. The van der Waals surface area contributed by atoms with Crippen molar-refractivity contribution in [1.82, 2.24) is 14.2 Å². The van der Waals surface area contributed by atoms with E-state index in [-0.39, 0.29) is 18.2 Å². The number of sulfonamides is 1. The average molecular weight is 469 g/mol. The molecule has 1 aromatic rings. The van der Waals surface area contributed by atoms with Crippen LogP contribution in [0.25, 0.3) is 0 Å². The summed E-state index contributed by atoms with van der Waals surface area (Å²) in [6.45, 7) is 4.61. The van der Waals surface area contributed by atoms with E-state index in [1.807, 2.05) is 6.92 Å². The molecule has 0 radical (unpaired) electrons. The summed E-state index contributed by atoms with van der Waals surface area (Å²) in [6, 6.07) is 2.37. The summed E-state index contributed by atoms with van der Waals surface area (Å²) in [5.41, 5.74) is 0.667. The quantitative estimate of drug-likeness (QED) is 0.488. The van der Waals surface area contributed by atoms with Crippen LogP contribution in [0.3, 0.4) is 0 Å². The summed E-state index contributed by atoms with van der Waals surface area (Å²) in [5.74, 6) is 0.